The van der Waals surface area contributed by atoms with Crippen LogP contribution in [-0.2, 0) is 20.4 Å². The van der Waals surface area contributed by atoms with Crippen LogP contribution in [0.15, 0.2) is 41.0 Å². The maximum Gasteiger partial charge on any atom is 0.416 e. The van der Waals surface area contributed by atoms with Gasteiger partial charge >= 0.3 is 12.1 Å². The molecule has 2 N–H and O–H groups in total. The van der Waals surface area contributed by atoms with Crippen LogP contribution >= 0.6 is 22.6 Å². The lowest BCUT2D eigenvalue weighted by atomic mass is 9.82. The molecule has 9 heteroatoms. The number of hydrogen-bond donors (Lipinski definition) is 1. The number of allylic oxidation sites excluding steroid dienone is 2. The normalized spacial score (nSPS) is 17.7. The zero-order valence-corrected chi connectivity index (χ0v) is 15.9. The van der Waals surface area contributed by atoms with Gasteiger partial charge in [0.25, 0.3) is 0 Å². The molecule has 0 aliphatic carbocycles. The van der Waals surface area contributed by atoms with Crippen molar-refractivity contribution in [2.45, 2.75) is 25.9 Å². The topological polar surface area (TPSA) is 85.3 Å². The standard InChI is InChI=1S/C17H14F3IN2O3/c1-3-25-16(24)13-8(2)26-15(23)12(7-22)14(13)9-4-10(17(18,19)20)6-11(21)5-9/h4-6,14H,3,23H2,1-2H3. The highest BCUT2D eigenvalue weighted by molar-refractivity contribution is 14.1. The van der Waals surface area contributed by atoms with Gasteiger partial charge in [-0.1, -0.05) is 0 Å². The van der Waals surface area contributed by atoms with Crippen LogP contribution in [0.3, 0.4) is 0 Å². The average Bonchev–Trinajstić information content (AvgIpc) is 2.52. The number of nitrogens with two attached hydrogens (primary N) is 1. The van der Waals surface area contributed by atoms with E-state index in [0.29, 0.717) is 3.57 Å². The van der Waals surface area contributed by atoms with E-state index in [1.165, 1.54) is 13.0 Å². The summed E-state index contributed by atoms with van der Waals surface area (Å²) in [5.41, 5.74) is 4.76. The third kappa shape index (κ3) is 3.95. The van der Waals surface area contributed by atoms with Gasteiger partial charge in [-0.3, -0.25) is 0 Å². The van der Waals surface area contributed by atoms with Gasteiger partial charge in [-0.15, -0.1) is 0 Å². The number of halogens is 4. The van der Waals surface area contributed by atoms with E-state index in [1.54, 1.807) is 29.5 Å². The molecule has 1 aliphatic heterocycles. The number of ether oxygens (including phenoxy) is 2. The molecule has 0 bridgehead atoms. The van der Waals surface area contributed by atoms with E-state index in [2.05, 4.69) is 0 Å². The van der Waals surface area contributed by atoms with E-state index in [9.17, 15) is 23.2 Å². The number of nitrogens with zero attached hydrogens (tertiary/aromatic N) is 1. The Bertz CT molecular complexity index is 854. The van der Waals surface area contributed by atoms with E-state index in [4.69, 9.17) is 15.2 Å². The highest BCUT2D eigenvalue weighted by Crippen LogP contribution is 2.42. The zero-order chi connectivity index (χ0) is 19.6. The number of rotatable bonds is 3. The van der Waals surface area contributed by atoms with E-state index in [0.717, 1.165) is 12.1 Å². The quantitative estimate of drug-likeness (QED) is 0.526. The van der Waals surface area contributed by atoms with Gasteiger partial charge in [-0.25, -0.2) is 4.79 Å². The summed E-state index contributed by atoms with van der Waals surface area (Å²) in [4.78, 5) is 12.4. The number of esters is 1. The summed E-state index contributed by atoms with van der Waals surface area (Å²) in [7, 11) is 0. The van der Waals surface area contributed by atoms with Crippen LogP contribution in [0.1, 0.15) is 30.9 Å². The van der Waals surface area contributed by atoms with Crippen LogP contribution in [0.4, 0.5) is 13.2 Å². The Labute approximate surface area is 161 Å². The number of carbonyl (C=O) groups excluding carboxylic acids is 1. The highest BCUT2D eigenvalue weighted by atomic mass is 127. The molecular formula is C17H14F3IN2O3. The van der Waals surface area contributed by atoms with Crippen molar-refractivity contribution in [2.24, 2.45) is 5.73 Å². The summed E-state index contributed by atoms with van der Waals surface area (Å²) < 4.78 is 50.1. The van der Waals surface area contributed by atoms with Crippen molar-refractivity contribution in [1.29, 1.82) is 5.26 Å². The van der Waals surface area contributed by atoms with Crippen LogP contribution in [0.25, 0.3) is 0 Å². The van der Waals surface area contributed by atoms with Gasteiger partial charge in [0.2, 0.25) is 5.88 Å². The second-order valence-electron chi connectivity index (χ2n) is 5.39. The number of benzene rings is 1. The molecule has 0 saturated heterocycles. The molecule has 1 heterocycles. The van der Waals surface area contributed by atoms with Crippen molar-refractivity contribution in [1.82, 2.24) is 0 Å². The molecule has 1 unspecified atom stereocenters. The van der Waals surface area contributed by atoms with Crippen molar-refractivity contribution in [2.75, 3.05) is 6.61 Å². The van der Waals surface area contributed by atoms with Crippen molar-refractivity contribution in [3.05, 3.63) is 55.7 Å². The van der Waals surface area contributed by atoms with Crippen LogP contribution < -0.4 is 5.73 Å². The highest BCUT2D eigenvalue weighted by Gasteiger charge is 2.38. The summed E-state index contributed by atoms with van der Waals surface area (Å²) in [6.07, 6.45) is -4.58. The minimum Gasteiger partial charge on any atom is -0.463 e. The Morgan fingerprint density at radius 1 is 1.42 bits per heavy atom. The second kappa shape index (κ2) is 7.57. The zero-order valence-electron chi connectivity index (χ0n) is 13.8. The van der Waals surface area contributed by atoms with E-state index in [1.807, 2.05) is 6.07 Å². The predicted octanol–water partition coefficient (Wildman–Crippen LogP) is 3.95. The number of carbonyl (C=O) groups is 1. The number of nitriles is 1. The molecule has 26 heavy (non-hydrogen) atoms. The summed E-state index contributed by atoms with van der Waals surface area (Å²) in [5.74, 6) is -2.06. The maximum atomic E-state index is 13.2. The minimum atomic E-state index is -4.58. The monoisotopic (exact) mass is 478 g/mol. The number of alkyl halides is 3. The van der Waals surface area contributed by atoms with Crippen molar-refractivity contribution in [3.63, 3.8) is 0 Å². The lowest BCUT2D eigenvalue weighted by molar-refractivity contribution is -0.139. The molecule has 0 aromatic heterocycles. The molecule has 1 atom stereocenters. The molecule has 0 radical (unpaired) electrons. The second-order valence-corrected chi connectivity index (χ2v) is 6.63. The predicted molar refractivity (Wildman–Crippen MR) is 94.1 cm³/mol. The van der Waals surface area contributed by atoms with Gasteiger partial charge < -0.3 is 15.2 Å². The lowest BCUT2D eigenvalue weighted by Crippen LogP contribution is -2.26. The van der Waals surface area contributed by atoms with E-state index >= 15 is 0 Å². The Hall–Kier alpha value is -2.22. The van der Waals surface area contributed by atoms with Crippen molar-refractivity contribution in [3.8, 4) is 6.07 Å². The summed E-state index contributed by atoms with van der Waals surface area (Å²) >= 11 is 1.74. The molecule has 0 saturated carbocycles. The molecule has 2 rings (SSSR count). The Morgan fingerprint density at radius 3 is 2.62 bits per heavy atom. The molecular weight excluding hydrogens is 464 g/mol. The van der Waals surface area contributed by atoms with Crippen LogP contribution in [0.2, 0.25) is 0 Å². The molecule has 1 aliphatic rings. The van der Waals surface area contributed by atoms with Gasteiger partial charge in [0.1, 0.15) is 17.4 Å². The van der Waals surface area contributed by atoms with E-state index in [-0.39, 0.29) is 35.0 Å². The van der Waals surface area contributed by atoms with Gasteiger partial charge in [0, 0.05) is 3.57 Å². The summed E-state index contributed by atoms with van der Waals surface area (Å²) in [5, 5.41) is 9.44. The fourth-order valence-corrected chi connectivity index (χ4v) is 3.33. The Morgan fingerprint density at radius 2 is 2.08 bits per heavy atom. The molecule has 138 valence electrons. The molecule has 0 spiro atoms. The molecule has 0 amide bonds. The average molecular weight is 478 g/mol. The van der Waals surface area contributed by atoms with Crippen LogP contribution in [-0.4, -0.2) is 12.6 Å². The van der Waals surface area contributed by atoms with Gasteiger partial charge in [0.05, 0.1) is 23.7 Å². The summed E-state index contributed by atoms with van der Waals surface area (Å²) in [6.45, 7) is 3.09. The molecule has 1 aromatic carbocycles. The van der Waals surface area contributed by atoms with Crippen molar-refractivity contribution >= 4 is 28.6 Å². The van der Waals surface area contributed by atoms with Gasteiger partial charge in [-0.05, 0) is 60.2 Å². The summed E-state index contributed by atoms with van der Waals surface area (Å²) in [6, 6.07) is 5.17. The molecule has 1 aromatic rings. The third-order valence-corrected chi connectivity index (χ3v) is 4.30. The number of hydrogen-bond acceptors (Lipinski definition) is 5. The smallest absolute Gasteiger partial charge is 0.416 e. The fourth-order valence-electron chi connectivity index (χ4n) is 2.63. The van der Waals surface area contributed by atoms with Gasteiger partial charge in [0.15, 0.2) is 0 Å². The third-order valence-electron chi connectivity index (χ3n) is 3.68. The molecule has 5 nitrogen and oxygen atoms in total. The van der Waals surface area contributed by atoms with Crippen LogP contribution in [0, 0.1) is 14.9 Å². The van der Waals surface area contributed by atoms with E-state index < -0.39 is 23.6 Å². The molecule has 0 fully saturated rings. The van der Waals surface area contributed by atoms with Crippen LogP contribution in [0.5, 0.6) is 0 Å². The largest absolute Gasteiger partial charge is 0.463 e. The Kier molecular flexibility index (Phi) is 5.85. The first-order chi connectivity index (χ1) is 12.1. The minimum absolute atomic E-state index is 0.0484. The Balaban J connectivity index is 2.72. The first kappa shape index (κ1) is 20.1. The fraction of sp³-hybridized carbons (Fsp3) is 0.294. The first-order valence-corrected chi connectivity index (χ1v) is 8.51. The maximum absolute atomic E-state index is 13.2. The van der Waals surface area contributed by atoms with Gasteiger partial charge in [-0.2, -0.15) is 18.4 Å². The lowest BCUT2D eigenvalue weighted by Gasteiger charge is -2.27. The van der Waals surface area contributed by atoms with Crippen molar-refractivity contribution < 1.29 is 27.4 Å². The SMILES string of the molecule is CCOC(=O)C1=C(C)OC(N)=C(C#N)C1c1cc(I)cc(C(F)(F)F)c1. The first-order valence-electron chi connectivity index (χ1n) is 7.43.